The van der Waals surface area contributed by atoms with Crippen LogP contribution < -0.4 is 21.5 Å². The zero-order chi connectivity index (χ0) is 15.0. The third-order valence-corrected chi connectivity index (χ3v) is 2.79. The summed E-state index contributed by atoms with van der Waals surface area (Å²) in [6.45, 7) is 2.29. The van der Waals surface area contributed by atoms with Crippen molar-refractivity contribution < 1.29 is 14.3 Å². The molecule has 5 N–H and O–H groups in total. The van der Waals surface area contributed by atoms with Gasteiger partial charge < -0.3 is 21.5 Å². The van der Waals surface area contributed by atoms with E-state index in [-0.39, 0.29) is 18.4 Å². The lowest BCUT2D eigenvalue weighted by atomic mass is 10.0. The molecule has 6 nitrogen and oxygen atoms in total. The summed E-state index contributed by atoms with van der Waals surface area (Å²) >= 11 is 0. The first kappa shape index (κ1) is 16.0. The fourth-order valence-electron chi connectivity index (χ4n) is 1.61. The second-order valence-electron chi connectivity index (χ2n) is 4.60. The van der Waals surface area contributed by atoms with Crippen LogP contribution in [0.5, 0.6) is 5.75 Å². The second kappa shape index (κ2) is 8.16. The normalized spacial score (nSPS) is 11.7. The number of amides is 2. The van der Waals surface area contributed by atoms with Crippen LogP contribution in [0.4, 0.5) is 5.69 Å². The quantitative estimate of drug-likeness (QED) is 0.656. The highest BCUT2D eigenvalue weighted by atomic mass is 16.5. The first-order valence-electron chi connectivity index (χ1n) is 6.55. The topological polar surface area (TPSA) is 107 Å². The van der Waals surface area contributed by atoms with Crippen molar-refractivity contribution in [1.82, 2.24) is 0 Å². The largest absolute Gasteiger partial charge is 0.484 e. The highest BCUT2D eigenvalue weighted by molar-refractivity contribution is 5.92. The molecule has 0 aliphatic carbocycles. The Balaban J connectivity index is 2.48. The fourth-order valence-corrected chi connectivity index (χ4v) is 1.61. The molecular weight excluding hydrogens is 258 g/mol. The number of anilines is 1. The molecule has 0 heterocycles. The molecule has 1 rings (SSSR count). The van der Waals surface area contributed by atoms with Crippen molar-refractivity contribution in [2.45, 2.75) is 19.8 Å². The maximum atomic E-state index is 11.9. The van der Waals surface area contributed by atoms with Crippen LogP contribution in [0.1, 0.15) is 19.8 Å². The molecule has 6 heteroatoms. The summed E-state index contributed by atoms with van der Waals surface area (Å²) in [6.07, 6.45) is 1.59. The Labute approximate surface area is 118 Å². The third kappa shape index (κ3) is 5.71. The molecule has 0 aliphatic heterocycles. The highest BCUT2D eigenvalue weighted by Crippen LogP contribution is 2.17. The first-order valence-corrected chi connectivity index (χ1v) is 6.55. The fraction of sp³-hybridized carbons (Fsp3) is 0.429. The summed E-state index contributed by atoms with van der Waals surface area (Å²) < 4.78 is 5.13. The number of hydrogen-bond donors (Lipinski definition) is 3. The van der Waals surface area contributed by atoms with Crippen LogP contribution in [0.2, 0.25) is 0 Å². The molecule has 1 aromatic rings. The van der Waals surface area contributed by atoms with Crippen LogP contribution >= 0.6 is 0 Å². The van der Waals surface area contributed by atoms with Crippen LogP contribution in [-0.2, 0) is 9.59 Å². The predicted molar refractivity (Wildman–Crippen MR) is 77.2 cm³/mol. The number of carbonyl (C=O) groups is 2. The van der Waals surface area contributed by atoms with Crippen molar-refractivity contribution in [2.24, 2.45) is 17.4 Å². The minimum Gasteiger partial charge on any atom is -0.484 e. The maximum absolute atomic E-state index is 11.9. The number of nitrogens with one attached hydrogen (secondary N) is 1. The standard InChI is InChI=1S/C14H21N3O3/c1-10(3-2-8-15)14(19)17-11-4-6-12(7-5-11)20-9-13(16)18/h4-7,10H,2-3,8-9,15H2,1H3,(H2,16,18)(H,17,19). The Morgan fingerprint density at radius 3 is 2.50 bits per heavy atom. The lowest BCUT2D eigenvalue weighted by Crippen LogP contribution is -2.21. The molecule has 0 bridgehead atoms. The van der Waals surface area contributed by atoms with E-state index in [4.69, 9.17) is 16.2 Å². The van der Waals surface area contributed by atoms with Crippen LogP contribution in [0.3, 0.4) is 0 Å². The summed E-state index contributed by atoms with van der Waals surface area (Å²) in [7, 11) is 0. The average molecular weight is 279 g/mol. The van der Waals surface area contributed by atoms with Crippen molar-refractivity contribution >= 4 is 17.5 Å². The number of hydrogen-bond acceptors (Lipinski definition) is 4. The molecule has 0 spiro atoms. The molecule has 1 atom stereocenters. The summed E-state index contributed by atoms with van der Waals surface area (Å²) in [5.41, 5.74) is 11.1. The third-order valence-electron chi connectivity index (χ3n) is 2.79. The van der Waals surface area contributed by atoms with Crippen LogP contribution in [-0.4, -0.2) is 25.0 Å². The molecular formula is C14H21N3O3. The first-order chi connectivity index (χ1) is 9.52. The van der Waals surface area contributed by atoms with Crippen molar-refractivity contribution in [3.05, 3.63) is 24.3 Å². The summed E-state index contributed by atoms with van der Waals surface area (Å²) in [4.78, 5) is 22.5. The van der Waals surface area contributed by atoms with Gasteiger partial charge in [0.05, 0.1) is 0 Å². The van der Waals surface area contributed by atoms with Gasteiger partial charge in [0.1, 0.15) is 5.75 Å². The highest BCUT2D eigenvalue weighted by Gasteiger charge is 2.12. The van der Waals surface area contributed by atoms with Gasteiger partial charge in [-0.1, -0.05) is 6.92 Å². The van der Waals surface area contributed by atoms with Gasteiger partial charge in [-0.25, -0.2) is 0 Å². The number of nitrogens with two attached hydrogens (primary N) is 2. The second-order valence-corrected chi connectivity index (χ2v) is 4.60. The van der Waals surface area contributed by atoms with Gasteiger partial charge in [0.15, 0.2) is 6.61 Å². The number of primary amides is 1. The molecule has 0 saturated heterocycles. The number of rotatable bonds is 8. The van der Waals surface area contributed by atoms with E-state index in [2.05, 4.69) is 5.32 Å². The van der Waals surface area contributed by atoms with Crippen LogP contribution in [0.15, 0.2) is 24.3 Å². The van der Waals surface area contributed by atoms with Gasteiger partial charge in [-0.2, -0.15) is 0 Å². The monoisotopic (exact) mass is 279 g/mol. The molecule has 0 fully saturated rings. The van der Waals surface area contributed by atoms with Crippen molar-refractivity contribution in [1.29, 1.82) is 0 Å². The summed E-state index contributed by atoms with van der Waals surface area (Å²) in [6, 6.07) is 6.76. The molecule has 0 radical (unpaired) electrons. The van der Waals surface area contributed by atoms with Crippen molar-refractivity contribution in [3.8, 4) is 5.75 Å². The Kier molecular flexibility index (Phi) is 6.52. The van der Waals surface area contributed by atoms with Gasteiger partial charge in [-0.3, -0.25) is 9.59 Å². The molecule has 2 amide bonds. The maximum Gasteiger partial charge on any atom is 0.255 e. The van der Waals surface area contributed by atoms with E-state index in [1.165, 1.54) is 0 Å². The Hall–Kier alpha value is -2.08. The van der Waals surface area contributed by atoms with E-state index in [1.807, 2.05) is 6.92 Å². The Bertz CT molecular complexity index is 445. The number of ether oxygens (including phenoxy) is 1. The molecule has 0 aliphatic rings. The predicted octanol–water partition coefficient (Wildman–Crippen LogP) is 0.864. The zero-order valence-electron chi connectivity index (χ0n) is 11.6. The Morgan fingerprint density at radius 2 is 1.95 bits per heavy atom. The van der Waals surface area contributed by atoms with Gasteiger partial charge in [-0.05, 0) is 43.7 Å². The lowest BCUT2D eigenvalue weighted by Gasteiger charge is -2.12. The molecule has 1 aromatic carbocycles. The number of carbonyl (C=O) groups excluding carboxylic acids is 2. The molecule has 20 heavy (non-hydrogen) atoms. The minimum absolute atomic E-state index is 0.0377. The molecule has 0 aromatic heterocycles. The number of benzene rings is 1. The van der Waals surface area contributed by atoms with Crippen LogP contribution in [0, 0.1) is 5.92 Å². The van der Waals surface area contributed by atoms with E-state index < -0.39 is 5.91 Å². The lowest BCUT2D eigenvalue weighted by molar-refractivity contribution is -0.120. The summed E-state index contributed by atoms with van der Waals surface area (Å²) in [5, 5.41) is 2.82. The van der Waals surface area contributed by atoms with E-state index >= 15 is 0 Å². The van der Waals surface area contributed by atoms with E-state index in [0.29, 0.717) is 18.0 Å². The minimum atomic E-state index is -0.531. The zero-order valence-corrected chi connectivity index (χ0v) is 11.6. The van der Waals surface area contributed by atoms with E-state index in [9.17, 15) is 9.59 Å². The van der Waals surface area contributed by atoms with Gasteiger partial charge >= 0.3 is 0 Å². The SMILES string of the molecule is CC(CCCN)C(=O)Nc1ccc(OCC(N)=O)cc1. The molecule has 110 valence electrons. The van der Waals surface area contributed by atoms with Gasteiger partial charge in [0.2, 0.25) is 5.91 Å². The smallest absolute Gasteiger partial charge is 0.255 e. The van der Waals surface area contributed by atoms with Crippen molar-refractivity contribution in [2.75, 3.05) is 18.5 Å². The van der Waals surface area contributed by atoms with Gasteiger partial charge in [0.25, 0.3) is 5.91 Å². The molecule has 0 saturated carbocycles. The van der Waals surface area contributed by atoms with E-state index in [0.717, 1.165) is 12.8 Å². The van der Waals surface area contributed by atoms with E-state index in [1.54, 1.807) is 24.3 Å². The van der Waals surface area contributed by atoms with Crippen LogP contribution in [0.25, 0.3) is 0 Å². The van der Waals surface area contributed by atoms with Crippen molar-refractivity contribution in [3.63, 3.8) is 0 Å². The van der Waals surface area contributed by atoms with Gasteiger partial charge in [-0.15, -0.1) is 0 Å². The van der Waals surface area contributed by atoms with Gasteiger partial charge in [0, 0.05) is 11.6 Å². The average Bonchev–Trinajstić information content (AvgIpc) is 2.43. The summed E-state index contributed by atoms with van der Waals surface area (Å²) in [5.74, 6) is -0.123. The molecule has 1 unspecified atom stereocenters. The Morgan fingerprint density at radius 1 is 1.30 bits per heavy atom.